The van der Waals surface area contributed by atoms with Crippen LogP contribution in [0.15, 0.2) is 0 Å². The minimum absolute atomic E-state index is 0. The molecule has 0 amide bonds. The van der Waals surface area contributed by atoms with Gasteiger partial charge in [0, 0.05) is 10.4 Å². The van der Waals surface area contributed by atoms with Crippen LogP contribution in [0.1, 0.15) is 0 Å². The summed E-state index contributed by atoms with van der Waals surface area (Å²) in [6.45, 7) is 0. The fraction of sp³-hybridized carbons (Fsp3) is 0. The van der Waals surface area contributed by atoms with E-state index in [1.807, 2.05) is 0 Å². The molecule has 0 fully saturated rings. The molecule has 0 N–H and O–H groups in total. The van der Waals surface area contributed by atoms with Crippen LogP contribution in [-0.4, -0.2) is 55.3 Å². The molecule has 0 aliphatic carbocycles. The predicted molar refractivity (Wildman–Crippen MR) is 17.6 cm³/mol. The third kappa shape index (κ3) is 339. The van der Waals surface area contributed by atoms with Gasteiger partial charge in [0.15, 0.2) is 0 Å². The Hall–Kier alpha value is 2.62. The zero-order valence-electron chi connectivity index (χ0n) is 5.80. The van der Waals surface area contributed by atoms with E-state index in [1.165, 1.54) is 0 Å². The van der Waals surface area contributed by atoms with E-state index < -0.39 is 24.0 Å². The molecule has 1 radical (unpaired) electrons. The van der Waals surface area contributed by atoms with Gasteiger partial charge in [0.05, 0.1) is 0 Å². The zero-order chi connectivity index (χ0) is 9.00. The van der Waals surface area contributed by atoms with Gasteiger partial charge in [-0.3, -0.25) is 8.42 Å². The summed E-state index contributed by atoms with van der Waals surface area (Å²) in [5, 5.41) is 0. The van der Waals surface area contributed by atoms with Gasteiger partial charge in [-0.2, -0.15) is 0 Å². The standard InChI is InChI=1S/Ca.Cd.Cr.Cu.H2O4S.4O/c;;;;1-5(2,3)4;;;;/h;;;;(H2,1,2,3,4);;;;/q2*+2;;+2;;;;2*-1/p-2. The number of hydrogen-bond acceptors (Lipinski definition) is 8. The second-order valence-electron chi connectivity index (χ2n) is 0.816. The second-order valence-corrected chi connectivity index (χ2v) is 2.91. The molecule has 0 aliphatic heterocycles. The average molecular weight is 428 g/mol. The molecule has 0 atom stereocenters. The Labute approximate surface area is 137 Å². The van der Waals surface area contributed by atoms with E-state index in [0.29, 0.717) is 0 Å². The van der Waals surface area contributed by atoms with E-state index in [9.17, 15) is 0 Å². The van der Waals surface area contributed by atoms with Crippen molar-refractivity contribution in [1.82, 2.24) is 0 Å². The van der Waals surface area contributed by atoms with Gasteiger partial charge in [-0.15, -0.1) is 0 Å². The molecule has 0 aromatic heterocycles. The predicted octanol–water partition coefficient (Wildman–Crippen LogP) is -4.34. The van der Waals surface area contributed by atoms with Crippen molar-refractivity contribution in [3.8, 4) is 0 Å². The molecule has 8 nitrogen and oxygen atoms in total. The Kier molecular flexibility index (Phi) is 28.9. The molecule has 0 aromatic carbocycles. The Bertz CT molecular complexity index is 221. The van der Waals surface area contributed by atoms with Crippen LogP contribution in [0.5, 0.6) is 0 Å². The van der Waals surface area contributed by atoms with Crippen molar-refractivity contribution < 1.29 is 91.4 Å². The fourth-order valence-electron chi connectivity index (χ4n) is 0. The first kappa shape index (κ1) is 29.6. The second kappa shape index (κ2) is 12.7. The summed E-state index contributed by atoms with van der Waals surface area (Å²) < 4.78 is 68.5. The Balaban J connectivity index is -0.0000000267. The maximum absolute atomic E-state index is 8.59. The summed E-state index contributed by atoms with van der Waals surface area (Å²) in [7, 11) is -5.17. The van der Waals surface area contributed by atoms with Crippen LogP contribution in [0, 0.1) is 0 Å². The van der Waals surface area contributed by atoms with Gasteiger partial charge in [-0.25, -0.2) is 0 Å². The van der Waals surface area contributed by atoms with E-state index in [1.54, 1.807) is 0 Å². The molecule has 0 unspecified atom stereocenters. The molecule has 13 heteroatoms. The quantitative estimate of drug-likeness (QED) is 0.213. The normalized spacial score (nSPS) is 8.92. The van der Waals surface area contributed by atoms with Crippen molar-refractivity contribution in [2.24, 2.45) is 0 Å². The van der Waals surface area contributed by atoms with Crippen molar-refractivity contribution in [3.63, 3.8) is 0 Å². The van der Waals surface area contributed by atoms with Crippen molar-refractivity contribution in [2.75, 3.05) is 0 Å². The van der Waals surface area contributed by atoms with Crippen molar-refractivity contribution in [3.05, 3.63) is 0 Å². The van der Waals surface area contributed by atoms with Crippen LogP contribution in [0.25, 0.3) is 0 Å². The first-order chi connectivity index (χ1) is 4.00. The van der Waals surface area contributed by atoms with Crippen LogP contribution in [-0.2, 0) is 76.0 Å². The van der Waals surface area contributed by atoms with Gasteiger partial charge < -0.3 is 9.11 Å². The maximum atomic E-state index is 8.59. The monoisotopic (exact) mass is 429 g/mol. The summed E-state index contributed by atoms with van der Waals surface area (Å²) >= 11 is -5.75. The molecule has 0 saturated carbocycles. The summed E-state index contributed by atoms with van der Waals surface area (Å²) in [5.74, 6) is 0. The first-order valence-electron chi connectivity index (χ1n) is 1.33. The van der Waals surface area contributed by atoms with Crippen molar-refractivity contribution in [2.45, 2.75) is 0 Å². The van der Waals surface area contributed by atoms with E-state index in [-0.39, 0.29) is 82.1 Å². The van der Waals surface area contributed by atoms with E-state index >= 15 is 0 Å². The topological polar surface area (TPSA) is 161 Å². The molecule has 0 aromatic rings. The number of hydrogen-bond donors (Lipinski definition) is 0. The van der Waals surface area contributed by atoms with Gasteiger partial charge in [0.1, 0.15) is 0 Å². The van der Waals surface area contributed by atoms with E-state index in [0.717, 1.165) is 0 Å². The molecule has 0 saturated heterocycles. The van der Waals surface area contributed by atoms with Crippen LogP contribution in [0.4, 0.5) is 0 Å². The van der Waals surface area contributed by atoms with Crippen molar-refractivity contribution in [1.29, 1.82) is 0 Å². The Morgan fingerprint density at radius 2 is 1.00 bits per heavy atom. The van der Waals surface area contributed by atoms with Crippen LogP contribution >= 0.6 is 0 Å². The third-order valence-corrected chi connectivity index (χ3v) is 0. The van der Waals surface area contributed by atoms with E-state index in [4.69, 9.17) is 33.4 Å². The van der Waals surface area contributed by atoms with Crippen LogP contribution < -0.4 is 8.32 Å². The van der Waals surface area contributed by atoms with Gasteiger partial charge in [-0.1, -0.05) is 0 Å². The van der Waals surface area contributed by atoms with Gasteiger partial charge in [-0.05, 0) is 0 Å². The Morgan fingerprint density at radius 1 is 1.00 bits per heavy atom. The molecule has 0 rings (SSSR count). The van der Waals surface area contributed by atoms with Crippen LogP contribution in [0.2, 0.25) is 0 Å². The summed E-state index contributed by atoms with van der Waals surface area (Å²) in [4.78, 5) is 0. The molecule has 13 heavy (non-hydrogen) atoms. The molecule has 73 valence electrons. The van der Waals surface area contributed by atoms with Gasteiger partial charge >= 0.3 is 112 Å². The zero-order valence-corrected chi connectivity index (χ0v) is 15.1. The molecular weight excluding hydrogens is 428 g/mol. The third-order valence-electron chi connectivity index (χ3n) is 0. The molecule has 0 spiro atoms. The van der Waals surface area contributed by atoms with Gasteiger partial charge in [0.25, 0.3) is 0 Å². The molecular formula is CaCdCrCuO8S+2. The molecule has 0 bridgehead atoms. The average Bonchev–Trinajstić information content (AvgIpc) is 1.12. The number of rotatable bonds is 0. The van der Waals surface area contributed by atoms with Crippen molar-refractivity contribution >= 4 is 48.1 Å². The molecule has 0 aliphatic rings. The fourth-order valence-corrected chi connectivity index (χ4v) is 0. The Morgan fingerprint density at radius 3 is 1.00 bits per heavy atom. The summed E-state index contributed by atoms with van der Waals surface area (Å²) in [5.41, 5.74) is 0. The van der Waals surface area contributed by atoms with Gasteiger partial charge in [0.2, 0.25) is 0 Å². The minimum atomic E-state index is -5.75. The summed E-state index contributed by atoms with van der Waals surface area (Å²) in [6.07, 6.45) is 0. The summed E-state index contributed by atoms with van der Waals surface area (Å²) in [6, 6.07) is 0. The molecule has 0 heterocycles. The van der Waals surface area contributed by atoms with Crippen LogP contribution in [0.3, 0.4) is 0 Å². The first-order valence-corrected chi connectivity index (χ1v) is 4.75. The SMILES string of the molecule is O=S(=O)([O-])[O-].[Ca+2].[Cd+2].[Cu+2].[O]=[Cr](=[O])([O-])[O-]. The van der Waals surface area contributed by atoms with E-state index in [2.05, 4.69) is 0 Å².